The van der Waals surface area contributed by atoms with Crippen LogP contribution in [0.1, 0.15) is 17.6 Å². The van der Waals surface area contributed by atoms with Gasteiger partial charge in [0.2, 0.25) is 0 Å². The Kier molecular flexibility index (Phi) is 5.75. The van der Waals surface area contributed by atoms with Gasteiger partial charge in [-0.3, -0.25) is 0 Å². The molecule has 0 aliphatic rings. The van der Waals surface area contributed by atoms with E-state index in [1.807, 2.05) is 6.92 Å². The Morgan fingerprint density at radius 1 is 1.29 bits per heavy atom. The average Bonchev–Trinajstić information content (AvgIpc) is 2.58. The van der Waals surface area contributed by atoms with Gasteiger partial charge in [0.25, 0.3) is 0 Å². The summed E-state index contributed by atoms with van der Waals surface area (Å²) >= 11 is 1.73. The van der Waals surface area contributed by atoms with Gasteiger partial charge in [-0.15, -0.1) is 11.3 Å². The summed E-state index contributed by atoms with van der Waals surface area (Å²) in [5.74, 6) is 0. The lowest BCUT2D eigenvalue weighted by Crippen LogP contribution is -2.28. The minimum atomic E-state index is 1.02. The van der Waals surface area contributed by atoms with E-state index in [0.29, 0.717) is 0 Å². The first-order valence-electron chi connectivity index (χ1n) is 5.15. The highest BCUT2D eigenvalue weighted by atomic mass is 32.1. The predicted octanol–water partition coefficient (Wildman–Crippen LogP) is 1.19. The van der Waals surface area contributed by atoms with Gasteiger partial charge in [-0.25, -0.2) is 4.98 Å². The Balaban J connectivity index is 1.99. The topological polar surface area (TPSA) is 37.0 Å². The largest absolute Gasteiger partial charge is 0.316 e. The highest BCUT2D eigenvalue weighted by Gasteiger charge is 1.96. The van der Waals surface area contributed by atoms with Crippen molar-refractivity contribution in [1.29, 1.82) is 0 Å². The summed E-state index contributed by atoms with van der Waals surface area (Å²) in [7, 11) is 0. The van der Waals surface area contributed by atoms with Crippen LogP contribution in [0.15, 0.2) is 5.38 Å². The van der Waals surface area contributed by atoms with Crippen molar-refractivity contribution in [3.8, 4) is 0 Å². The number of nitrogens with zero attached hydrogens (tertiary/aromatic N) is 1. The van der Waals surface area contributed by atoms with Gasteiger partial charge in [0.1, 0.15) is 0 Å². The Hall–Kier alpha value is -0.450. The molecule has 0 saturated carbocycles. The Morgan fingerprint density at radius 3 is 2.71 bits per heavy atom. The minimum absolute atomic E-state index is 1.02. The molecule has 1 rings (SSSR count). The van der Waals surface area contributed by atoms with Crippen molar-refractivity contribution in [2.24, 2.45) is 0 Å². The molecular formula is C10H19N3S. The van der Waals surface area contributed by atoms with Crippen LogP contribution in [0.25, 0.3) is 0 Å². The summed E-state index contributed by atoms with van der Waals surface area (Å²) in [5, 5.41) is 9.96. The van der Waals surface area contributed by atoms with Crippen molar-refractivity contribution in [2.75, 3.05) is 26.2 Å². The fourth-order valence-corrected chi connectivity index (χ4v) is 1.87. The predicted molar refractivity (Wildman–Crippen MR) is 62.0 cm³/mol. The molecule has 0 aliphatic carbocycles. The molecular weight excluding hydrogens is 194 g/mol. The van der Waals surface area contributed by atoms with E-state index >= 15 is 0 Å². The third-order valence-corrected chi connectivity index (χ3v) is 2.78. The van der Waals surface area contributed by atoms with E-state index in [9.17, 15) is 0 Å². The van der Waals surface area contributed by atoms with Crippen LogP contribution in [0, 0.1) is 6.92 Å². The van der Waals surface area contributed by atoms with Crippen LogP contribution in [0.2, 0.25) is 0 Å². The van der Waals surface area contributed by atoms with E-state index in [1.54, 1.807) is 11.3 Å². The summed E-state index contributed by atoms with van der Waals surface area (Å²) in [6, 6.07) is 0. The number of hydrogen-bond acceptors (Lipinski definition) is 4. The fraction of sp³-hybridized carbons (Fsp3) is 0.700. The number of thiazole rings is 1. The number of aromatic nitrogens is 1. The van der Waals surface area contributed by atoms with Gasteiger partial charge in [-0.1, -0.05) is 6.92 Å². The zero-order valence-corrected chi connectivity index (χ0v) is 9.78. The summed E-state index contributed by atoms with van der Waals surface area (Å²) in [4.78, 5) is 4.41. The van der Waals surface area contributed by atoms with Crippen LogP contribution < -0.4 is 10.6 Å². The number of rotatable bonds is 7. The molecule has 4 heteroatoms. The number of hydrogen-bond donors (Lipinski definition) is 2. The number of aryl methyl sites for hydroxylation is 1. The van der Waals surface area contributed by atoms with E-state index in [4.69, 9.17) is 0 Å². The molecule has 0 aliphatic heterocycles. The molecule has 0 saturated heterocycles. The number of likely N-dealkylation sites (N-methyl/N-ethyl adjacent to an activating group) is 1. The molecule has 14 heavy (non-hydrogen) atoms. The second-order valence-electron chi connectivity index (χ2n) is 3.21. The molecule has 1 heterocycles. The lowest BCUT2D eigenvalue weighted by atomic mass is 10.3. The maximum Gasteiger partial charge on any atom is 0.0897 e. The Morgan fingerprint density at radius 2 is 2.07 bits per heavy atom. The van der Waals surface area contributed by atoms with Gasteiger partial charge in [0.05, 0.1) is 10.7 Å². The first-order valence-corrected chi connectivity index (χ1v) is 6.03. The molecule has 2 N–H and O–H groups in total. The molecule has 0 unspecified atom stereocenters. The molecule has 1 aromatic heterocycles. The van der Waals surface area contributed by atoms with Gasteiger partial charge in [0, 0.05) is 31.4 Å². The molecule has 0 radical (unpaired) electrons. The van der Waals surface area contributed by atoms with Crippen molar-refractivity contribution >= 4 is 11.3 Å². The molecule has 3 nitrogen and oxygen atoms in total. The first kappa shape index (κ1) is 11.6. The normalized spacial score (nSPS) is 10.7. The van der Waals surface area contributed by atoms with E-state index in [1.165, 1.54) is 5.69 Å². The Bertz CT molecular complexity index is 247. The van der Waals surface area contributed by atoms with E-state index in [0.717, 1.165) is 37.6 Å². The molecule has 0 amide bonds. The van der Waals surface area contributed by atoms with Crippen LogP contribution in [0.4, 0.5) is 0 Å². The molecule has 80 valence electrons. The molecule has 0 aromatic carbocycles. The molecule has 0 atom stereocenters. The second kappa shape index (κ2) is 6.92. The van der Waals surface area contributed by atoms with Crippen molar-refractivity contribution in [3.05, 3.63) is 16.1 Å². The molecule has 0 bridgehead atoms. The zero-order valence-electron chi connectivity index (χ0n) is 8.97. The molecule has 0 fully saturated rings. The minimum Gasteiger partial charge on any atom is -0.316 e. The van der Waals surface area contributed by atoms with Crippen molar-refractivity contribution in [3.63, 3.8) is 0 Å². The maximum atomic E-state index is 4.41. The highest BCUT2D eigenvalue weighted by molar-refractivity contribution is 7.09. The van der Waals surface area contributed by atoms with Gasteiger partial charge < -0.3 is 10.6 Å². The third kappa shape index (κ3) is 4.69. The summed E-state index contributed by atoms with van der Waals surface area (Å²) in [6.07, 6.45) is 1.04. The van der Waals surface area contributed by atoms with Crippen LogP contribution in [-0.4, -0.2) is 31.2 Å². The van der Waals surface area contributed by atoms with E-state index in [2.05, 4.69) is 27.9 Å². The van der Waals surface area contributed by atoms with Gasteiger partial charge in [0.15, 0.2) is 0 Å². The monoisotopic (exact) mass is 213 g/mol. The second-order valence-corrected chi connectivity index (χ2v) is 4.27. The molecule has 0 spiro atoms. The van der Waals surface area contributed by atoms with Crippen molar-refractivity contribution in [2.45, 2.75) is 20.3 Å². The lowest BCUT2D eigenvalue weighted by molar-refractivity contribution is 0.622. The van der Waals surface area contributed by atoms with Crippen LogP contribution in [0.5, 0.6) is 0 Å². The standard InChI is InChI=1S/C10H19N3S/c1-3-11-6-7-12-5-4-10-8-14-9(2)13-10/h8,11-12H,3-7H2,1-2H3. The van der Waals surface area contributed by atoms with Crippen molar-refractivity contribution in [1.82, 2.24) is 15.6 Å². The summed E-state index contributed by atoms with van der Waals surface area (Å²) in [6.45, 7) is 8.33. The van der Waals surface area contributed by atoms with E-state index < -0.39 is 0 Å². The van der Waals surface area contributed by atoms with Gasteiger partial charge >= 0.3 is 0 Å². The van der Waals surface area contributed by atoms with Crippen LogP contribution in [-0.2, 0) is 6.42 Å². The maximum absolute atomic E-state index is 4.41. The van der Waals surface area contributed by atoms with E-state index in [-0.39, 0.29) is 0 Å². The fourth-order valence-electron chi connectivity index (χ4n) is 1.22. The van der Waals surface area contributed by atoms with Crippen molar-refractivity contribution < 1.29 is 0 Å². The van der Waals surface area contributed by atoms with Gasteiger partial charge in [-0.2, -0.15) is 0 Å². The average molecular weight is 213 g/mol. The zero-order chi connectivity index (χ0) is 10.2. The van der Waals surface area contributed by atoms with Crippen LogP contribution in [0.3, 0.4) is 0 Å². The van der Waals surface area contributed by atoms with Gasteiger partial charge in [-0.05, 0) is 13.5 Å². The summed E-state index contributed by atoms with van der Waals surface area (Å²) < 4.78 is 0. The summed E-state index contributed by atoms with van der Waals surface area (Å²) in [5.41, 5.74) is 1.21. The highest BCUT2D eigenvalue weighted by Crippen LogP contribution is 2.07. The smallest absolute Gasteiger partial charge is 0.0897 e. The lowest BCUT2D eigenvalue weighted by Gasteiger charge is -2.03. The third-order valence-electron chi connectivity index (χ3n) is 1.95. The Labute approximate surface area is 89.9 Å². The number of nitrogens with one attached hydrogen (secondary N) is 2. The molecule has 1 aromatic rings. The van der Waals surface area contributed by atoms with Crippen LogP contribution >= 0.6 is 11.3 Å². The quantitative estimate of drug-likeness (QED) is 0.668. The SMILES string of the molecule is CCNCCNCCc1csc(C)n1. The first-order chi connectivity index (χ1) is 6.83.